The smallest absolute Gasteiger partial charge is 0.306 e. The Kier molecular flexibility index (Phi) is 5.52. The van der Waals surface area contributed by atoms with E-state index in [1.54, 1.807) is 31.2 Å². The topological polar surface area (TPSA) is 26.3 Å². The summed E-state index contributed by atoms with van der Waals surface area (Å²) < 4.78 is 5.31. The minimum absolute atomic E-state index is 0.261. The fourth-order valence-electron chi connectivity index (χ4n) is 1.39. The van der Waals surface area contributed by atoms with Crippen molar-refractivity contribution in [3.63, 3.8) is 0 Å². The molecule has 0 heterocycles. The molecule has 0 saturated heterocycles. The van der Waals surface area contributed by atoms with Gasteiger partial charge in [0.2, 0.25) is 0 Å². The predicted molar refractivity (Wildman–Crippen MR) is 70.4 cm³/mol. The van der Waals surface area contributed by atoms with Crippen LogP contribution in [-0.4, -0.2) is 5.97 Å². The SMILES string of the molecule is C=CCC(OC(=O)CC)c1ccc(Cl)cc1Cl. The van der Waals surface area contributed by atoms with Gasteiger partial charge in [0.1, 0.15) is 6.10 Å². The second-order valence-corrected chi connectivity index (χ2v) is 4.37. The molecule has 2 nitrogen and oxygen atoms in total. The van der Waals surface area contributed by atoms with Crippen LogP contribution in [-0.2, 0) is 9.53 Å². The molecule has 0 aliphatic carbocycles. The van der Waals surface area contributed by atoms with Crippen LogP contribution in [0.15, 0.2) is 30.9 Å². The fourth-order valence-corrected chi connectivity index (χ4v) is 1.92. The van der Waals surface area contributed by atoms with Gasteiger partial charge in [0.25, 0.3) is 0 Å². The van der Waals surface area contributed by atoms with Crippen LogP contribution in [0.1, 0.15) is 31.4 Å². The van der Waals surface area contributed by atoms with E-state index < -0.39 is 6.10 Å². The molecule has 0 aliphatic heterocycles. The number of benzene rings is 1. The number of halogens is 2. The number of ether oxygens (including phenoxy) is 1. The zero-order chi connectivity index (χ0) is 12.8. The summed E-state index contributed by atoms with van der Waals surface area (Å²) in [6.45, 7) is 5.39. The van der Waals surface area contributed by atoms with Crippen LogP contribution in [0, 0.1) is 0 Å². The quantitative estimate of drug-likeness (QED) is 0.580. The summed E-state index contributed by atoms with van der Waals surface area (Å²) in [5.41, 5.74) is 0.748. The van der Waals surface area contributed by atoms with E-state index in [1.165, 1.54) is 0 Å². The highest BCUT2D eigenvalue weighted by atomic mass is 35.5. The van der Waals surface area contributed by atoms with Crippen LogP contribution >= 0.6 is 23.2 Å². The van der Waals surface area contributed by atoms with Crippen molar-refractivity contribution in [3.05, 3.63) is 46.5 Å². The predicted octanol–water partition coefficient (Wildman–Crippen LogP) is 4.56. The Hall–Kier alpha value is -0.990. The standard InChI is InChI=1S/C13H14Cl2O2/c1-3-5-12(17-13(16)4-2)10-7-6-9(14)8-11(10)15/h3,6-8,12H,1,4-5H2,2H3. The van der Waals surface area contributed by atoms with Gasteiger partial charge in [-0.2, -0.15) is 0 Å². The lowest BCUT2D eigenvalue weighted by atomic mass is 10.1. The van der Waals surface area contributed by atoms with Crippen molar-refractivity contribution in [2.24, 2.45) is 0 Å². The van der Waals surface area contributed by atoms with E-state index in [-0.39, 0.29) is 5.97 Å². The molecule has 0 aromatic heterocycles. The van der Waals surface area contributed by atoms with Gasteiger partial charge in [-0.25, -0.2) is 0 Å². The first-order chi connectivity index (χ1) is 8.08. The molecule has 0 saturated carbocycles. The Morgan fingerprint density at radius 1 is 1.53 bits per heavy atom. The lowest BCUT2D eigenvalue weighted by Crippen LogP contribution is -2.10. The molecule has 17 heavy (non-hydrogen) atoms. The molecule has 1 aromatic rings. The maximum atomic E-state index is 11.3. The number of carbonyl (C=O) groups excluding carboxylic acids is 1. The van der Waals surface area contributed by atoms with E-state index in [9.17, 15) is 4.79 Å². The van der Waals surface area contributed by atoms with Gasteiger partial charge in [-0.15, -0.1) is 6.58 Å². The molecule has 1 atom stereocenters. The zero-order valence-corrected chi connectivity index (χ0v) is 11.1. The molecule has 4 heteroatoms. The third kappa shape index (κ3) is 4.06. The van der Waals surface area contributed by atoms with Crippen molar-refractivity contribution < 1.29 is 9.53 Å². The van der Waals surface area contributed by atoms with Crippen LogP contribution in [0.3, 0.4) is 0 Å². The summed E-state index contributed by atoms with van der Waals surface area (Å²) in [6, 6.07) is 5.12. The number of hydrogen-bond acceptors (Lipinski definition) is 2. The van der Waals surface area contributed by atoms with Gasteiger partial charge in [0.05, 0.1) is 0 Å². The van der Waals surface area contributed by atoms with E-state index in [0.29, 0.717) is 22.9 Å². The van der Waals surface area contributed by atoms with Gasteiger partial charge in [-0.1, -0.05) is 42.3 Å². The van der Waals surface area contributed by atoms with Crippen LogP contribution in [0.25, 0.3) is 0 Å². The molecule has 0 bridgehead atoms. The number of carbonyl (C=O) groups is 1. The van der Waals surface area contributed by atoms with Gasteiger partial charge >= 0.3 is 5.97 Å². The monoisotopic (exact) mass is 272 g/mol. The maximum Gasteiger partial charge on any atom is 0.306 e. The molecule has 0 aliphatic rings. The summed E-state index contributed by atoms with van der Waals surface area (Å²) in [5.74, 6) is -0.261. The maximum absolute atomic E-state index is 11.3. The van der Waals surface area contributed by atoms with Crippen LogP contribution in [0.2, 0.25) is 10.0 Å². The van der Waals surface area contributed by atoms with E-state index in [0.717, 1.165) is 5.56 Å². The lowest BCUT2D eigenvalue weighted by molar-refractivity contribution is -0.148. The van der Waals surface area contributed by atoms with E-state index in [4.69, 9.17) is 27.9 Å². The van der Waals surface area contributed by atoms with Gasteiger partial charge in [-0.05, 0) is 12.1 Å². The first-order valence-corrected chi connectivity index (χ1v) is 6.09. The Morgan fingerprint density at radius 2 is 2.24 bits per heavy atom. The van der Waals surface area contributed by atoms with Crippen LogP contribution in [0.5, 0.6) is 0 Å². The second kappa shape index (κ2) is 6.67. The number of esters is 1. The minimum atomic E-state index is -0.398. The third-order valence-corrected chi connectivity index (χ3v) is 2.81. The molecule has 1 rings (SSSR count). The molecule has 0 N–H and O–H groups in total. The molecule has 0 radical (unpaired) electrons. The van der Waals surface area contributed by atoms with Crippen molar-refractivity contribution in [3.8, 4) is 0 Å². The van der Waals surface area contributed by atoms with E-state index >= 15 is 0 Å². The van der Waals surface area contributed by atoms with E-state index in [1.807, 2.05) is 0 Å². The van der Waals surface area contributed by atoms with Crippen molar-refractivity contribution in [1.29, 1.82) is 0 Å². The second-order valence-electron chi connectivity index (χ2n) is 3.52. The molecule has 1 unspecified atom stereocenters. The zero-order valence-electron chi connectivity index (χ0n) is 9.58. The van der Waals surface area contributed by atoms with Crippen molar-refractivity contribution in [2.75, 3.05) is 0 Å². The van der Waals surface area contributed by atoms with Crippen LogP contribution in [0.4, 0.5) is 0 Å². The normalized spacial score (nSPS) is 11.9. The molecule has 0 spiro atoms. The Balaban J connectivity index is 2.96. The highest BCUT2D eigenvalue weighted by Gasteiger charge is 2.17. The molecule has 1 aromatic carbocycles. The van der Waals surface area contributed by atoms with Crippen molar-refractivity contribution in [2.45, 2.75) is 25.9 Å². The van der Waals surface area contributed by atoms with Gasteiger partial charge in [-0.3, -0.25) is 4.79 Å². The highest BCUT2D eigenvalue weighted by Crippen LogP contribution is 2.30. The Morgan fingerprint density at radius 3 is 2.76 bits per heavy atom. The van der Waals surface area contributed by atoms with Gasteiger partial charge in [0, 0.05) is 28.5 Å². The van der Waals surface area contributed by atoms with Gasteiger partial charge < -0.3 is 4.74 Å². The summed E-state index contributed by atoms with van der Waals surface area (Å²) in [5, 5.41) is 1.05. The number of hydrogen-bond donors (Lipinski definition) is 0. The molecule has 0 fully saturated rings. The largest absolute Gasteiger partial charge is 0.457 e. The summed E-state index contributed by atoms with van der Waals surface area (Å²) >= 11 is 11.9. The molecule has 92 valence electrons. The average molecular weight is 273 g/mol. The first-order valence-electron chi connectivity index (χ1n) is 5.33. The first kappa shape index (κ1) is 14.1. The van der Waals surface area contributed by atoms with Crippen molar-refractivity contribution in [1.82, 2.24) is 0 Å². The molecule has 0 amide bonds. The number of rotatable bonds is 5. The molecular weight excluding hydrogens is 259 g/mol. The van der Waals surface area contributed by atoms with Crippen molar-refractivity contribution >= 4 is 29.2 Å². The van der Waals surface area contributed by atoms with E-state index in [2.05, 4.69) is 6.58 Å². The lowest BCUT2D eigenvalue weighted by Gasteiger charge is -2.17. The summed E-state index contributed by atoms with van der Waals surface area (Å²) in [4.78, 5) is 11.3. The minimum Gasteiger partial charge on any atom is -0.457 e. The highest BCUT2D eigenvalue weighted by molar-refractivity contribution is 6.35. The summed E-state index contributed by atoms with van der Waals surface area (Å²) in [7, 11) is 0. The summed E-state index contributed by atoms with van der Waals surface area (Å²) in [6.07, 6.45) is 2.15. The average Bonchev–Trinajstić information content (AvgIpc) is 2.28. The fraction of sp³-hybridized carbons (Fsp3) is 0.308. The molecular formula is C13H14Cl2O2. The third-order valence-electron chi connectivity index (χ3n) is 2.25. The Labute approximate surface area is 111 Å². The van der Waals surface area contributed by atoms with Crippen LogP contribution < -0.4 is 0 Å². The van der Waals surface area contributed by atoms with Gasteiger partial charge in [0.15, 0.2) is 0 Å². The Bertz CT molecular complexity index is 416.